The van der Waals surface area contributed by atoms with Crippen LogP contribution in [-0.4, -0.2) is 17.6 Å². The predicted octanol–water partition coefficient (Wildman–Crippen LogP) is 3.49. The van der Waals surface area contributed by atoms with E-state index in [1.54, 1.807) is 0 Å². The third-order valence-corrected chi connectivity index (χ3v) is 4.11. The van der Waals surface area contributed by atoms with Crippen molar-refractivity contribution in [1.29, 1.82) is 0 Å². The molecule has 3 nitrogen and oxygen atoms in total. The van der Waals surface area contributed by atoms with Crippen molar-refractivity contribution in [2.45, 2.75) is 26.2 Å². The zero-order valence-electron chi connectivity index (χ0n) is 10.8. The molecule has 3 rings (SSSR count). The molecule has 1 aliphatic rings. The maximum Gasteiger partial charge on any atom is 0.309 e. The number of aromatic nitrogens is 1. The molecule has 1 aromatic heterocycles. The Morgan fingerprint density at radius 1 is 1.53 bits per heavy atom. The van der Waals surface area contributed by atoms with Gasteiger partial charge in [0.05, 0.1) is 23.1 Å². The lowest BCUT2D eigenvalue weighted by Crippen LogP contribution is -2.24. The second-order valence-electron chi connectivity index (χ2n) is 4.94. The quantitative estimate of drug-likeness (QED) is 0.854. The van der Waals surface area contributed by atoms with Gasteiger partial charge in [-0.25, -0.2) is 0 Å². The van der Waals surface area contributed by atoms with Crippen molar-refractivity contribution in [3.05, 3.63) is 34.5 Å². The molecule has 0 radical (unpaired) electrons. The summed E-state index contributed by atoms with van der Waals surface area (Å²) in [5.41, 5.74) is 3.42. The zero-order valence-corrected chi connectivity index (χ0v) is 11.6. The predicted molar refractivity (Wildman–Crippen MR) is 75.5 cm³/mol. The zero-order chi connectivity index (χ0) is 13.4. The van der Waals surface area contributed by atoms with Crippen LogP contribution in [-0.2, 0) is 22.4 Å². The van der Waals surface area contributed by atoms with Gasteiger partial charge in [0, 0.05) is 11.1 Å². The van der Waals surface area contributed by atoms with Crippen LogP contribution >= 0.6 is 11.6 Å². The number of fused-ring (bicyclic) bond motifs is 3. The molecule has 1 unspecified atom stereocenters. The fraction of sp³-hybridized carbons (Fsp3) is 0.400. The highest BCUT2D eigenvalue weighted by atomic mass is 35.5. The summed E-state index contributed by atoms with van der Waals surface area (Å²) in [7, 11) is 0. The molecule has 19 heavy (non-hydrogen) atoms. The Bertz CT molecular complexity index is 632. The Labute approximate surface area is 116 Å². The molecule has 100 valence electrons. The molecule has 2 aromatic rings. The lowest BCUT2D eigenvalue weighted by Gasteiger charge is -2.20. The number of hydrogen-bond donors (Lipinski definition) is 1. The average molecular weight is 278 g/mol. The van der Waals surface area contributed by atoms with Crippen LogP contribution in [0.5, 0.6) is 0 Å². The number of carbonyl (C=O) groups excluding carboxylic acids is 1. The van der Waals surface area contributed by atoms with Crippen LogP contribution in [0.25, 0.3) is 10.9 Å². The molecule has 0 amide bonds. The summed E-state index contributed by atoms with van der Waals surface area (Å²) in [6, 6.07) is 5.89. The number of nitrogens with one attached hydrogen (secondary N) is 1. The van der Waals surface area contributed by atoms with Crippen molar-refractivity contribution in [2.24, 2.45) is 5.92 Å². The van der Waals surface area contributed by atoms with Gasteiger partial charge in [0.25, 0.3) is 0 Å². The van der Waals surface area contributed by atoms with E-state index in [-0.39, 0.29) is 11.9 Å². The summed E-state index contributed by atoms with van der Waals surface area (Å²) in [6.45, 7) is 2.29. The number of aryl methyl sites for hydroxylation is 1. The molecule has 0 bridgehead atoms. The van der Waals surface area contributed by atoms with Crippen LogP contribution in [0.2, 0.25) is 5.02 Å². The van der Waals surface area contributed by atoms with Crippen LogP contribution in [0.15, 0.2) is 18.2 Å². The van der Waals surface area contributed by atoms with Crippen molar-refractivity contribution in [3.8, 4) is 0 Å². The first-order valence-electron chi connectivity index (χ1n) is 6.65. The van der Waals surface area contributed by atoms with Crippen molar-refractivity contribution >= 4 is 28.5 Å². The molecule has 0 saturated carbocycles. The molecule has 0 saturated heterocycles. The van der Waals surface area contributed by atoms with Crippen molar-refractivity contribution in [3.63, 3.8) is 0 Å². The van der Waals surface area contributed by atoms with Gasteiger partial charge in [-0.15, -0.1) is 0 Å². The Hall–Kier alpha value is -1.48. The maximum atomic E-state index is 11.9. The van der Waals surface area contributed by atoms with Crippen molar-refractivity contribution in [2.75, 3.05) is 6.61 Å². The van der Waals surface area contributed by atoms with Gasteiger partial charge in [0.15, 0.2) is 0 Å². The first kappa shape index (κ1) is 12.5. The number of ether oxygens (including phenoxy) is 1. The SMILES string of the molecule is CCOC(=O)C1CCc2[nH]c3c(Cl)cccc3c2C1. The van der Waals surface area contributed by atoms with E-state index in [9.17, 15) is 4.79 Å². The van der Waals surface area contributed by atoms with Gasteiger partial charge in [-0.05, 0) is 37.8 Å². The molecule has 1 aliphatic carbocycles. The molecular weight excluding hydrogens is 262 g/mol. The number of halogens is 1. The van der Waals surface area contributed by atoms with Gasteiger partial charge in [0.1, 0.15) is 0 Å². The molecule has 1 atom stereocenters. The number of H-pyrrole nitrogens is 1. The molecular formula is C15H16ClNO2. The number of benzene rings is 1. The lowest BCUT2D eigenvalue weighted by molar-refractivity contribution is -0.148. The molecule has 4 heteroatoms. The normalized spacial score (nSPS) is 18.3. The highest BCUT2D eigenvalue weighted by molar-refractivity contribution is 6.35. The standard InChI is InChI=1S/C15H16ClNO2/c1-2-19-15(18)9-6-7-13-11(8-9)10-4-3-5-12(16)14(10)17-13/h3-5,9,17H,2,6-8H2,1H3. The Morgan fingerprint density at radius 3 is 3.16 bits per heavy atom. The van der Waals surface area contributed by atoms with Crippen LogP contribution in [0.3, 0.4) is 0 Å². The van der Waals surface area contributed by atoms with Crippen LogP contribution in [0.4, 0.5) is 0 Å². The van der Waals surface area contributed by atoms with Crippen LogP contribution < -0.4 is 0 Å². The molecule has 1 heterocycles. The Balaban J connectivity index is 1.98. The maximum absolute atomic E-state index is 11.9. The fourth-order valence-corrected chi connectivity index (χ4v) is 3.09. The summed E-state index contributed by atoms with van der Waals surface area (Å²) < 4.78 is 5.13. The second-order valence-corrected chi connectivity index (χ2v) is 5.34. The van der Waals surface area contributed by atoms with Gasteiger partial charge in [-0.3, -0.25) is 4.79 Å². The number of rotatable bonds is 2. The third kappa shape index (κ3) is 2.12. The van der Waals surface area contributed by atoms with Crippen molar-refractivity contribution in [1.82, 2.24) is 4.98 Å². The van der Waals surface area contributed by atoms with Gasteiger partial charge >= 0.3 is 5.97 Å². The summed E-state index contributed by atoms with van der Waals surface area (Å²) in [5.74, 6) is -0.102. The molecule has 0 spiro atoms. The van der Waals surface area contributed by atoms with Gasteiger partial charge < -0.3 is 9.72 Å². The molecule has 1 aromatic carbocycles. The summed E-state index contributed by atoms with van der Waals surface area (Å²) >= 11 is 6.20. The summed E-state index contributed by atoms with van der Waals surface area (Å²) in [5, 5.41) is 1.87. The van der Waals surface area contributed by atoms with Gasteiger partial charge in [-0.2, -0.15) is 0 Å². The van der Waals surface area contributed by atoms with Crippen LogP contribution in [0.1, 0.15) is 24.6 Å². The first-order valence-corrected chi connectivity index (χ1v) is 7.03. The second kappa shape index (κ2) is 4.89. The van der Waals surface area contributed by atoms with E-state index in [4.69, 9.17) is 16.3 Å². The highest BCUT2D eigenvalue weighted by Gasteiger charge is 2.28. The van der Waals surface area contributed by atoms with E-state index in [0.717, 1.165) is 35.2 Å². The third-order valence-electron chi connectivity index (χ3n) is 3.79. The fourth-order valence-electron chi connectivity index (χ4n) is 2.87. The van der Waals surface area contributed by atoms with Gasteiger partial charge in [0.2, 0.25) is 0 Å². The Kier molecular flexibility index (Phi) is 3.23. The van der Waals surface area contributed by atoms with E-state index in [1.807, 2.05) is 19.1 Å². The van der Waals surface area contributed by atoms with E-state index in [2.05, 4.69) is 11.1 Å². The minimum Gasteiger partial charge on any atom is -0.466 e. The number of carbonyl (C=O) groups is 1. The van der Waals surface area contributed by atoms with Crippen LogP contribution in [0, 0.1) is 5.92 Å². The number of aromatic amines is 1. The number of para-hydroxylation sites is 1. The summed E-state index contributed by atoms with van der Waals surface area (Å²) in [4.78, 5) is 15.3. The minimum absolute atomic E-state index is 0.0227. The smallest absolute Gasteiger partial charge is 0.309 e. The minimum atomic E-state index is -0.0791. The summed E-state index contributed by atoms with van der Waals surface area (Å²) in [6.07, 6.45) is 2.47. The van der Waals surface area contributed by atoms with E-state index < -0.39 is 0 Å². The van der Waals surface area contributed by atoms with Crippen molar-refractivity contribution < 1.29 is 9.53 Å². The Morgan fingerprint density at radius 2 is 2.37 bits per heavy atom. The topological polar surface area (TPSA) is 42.1 Å². The van der Waals surface area contributed by atoms with E-state index in [1.165, 1.54) is 11.3 Å². The largest absolute Gasteiger partial charge is 0.466 e. The highest BCUT2D eigenvalue weighted by Crippen LogP contribution is 2.34. The molecule has 1 N–H and O–H groups in total. The molecule has 0 fully saturated rings. The monoisotopic (exact) mass is 277 g/mol. The van der Waals surface area contributed by atoms with E-state index in [0.29, 0.717) is 6.61 Å². The number of esters is 1. The number of hydrogen-bond acceptors (Lipinski definition) is 2. The van der Waals surface area contributed by atoms with Gasteiger partial charge in [-0.1, -0.05) is 23.7 Å². The lowest BCUT2D eigenvalue weighted by atomic mass is 9.86. The first-order chi connectivity index (χ1) is 9.20. The van der Waals surface area contributed by atoms with E-state index >= 15 is 0 Å². The molecule has 0 aliphatic heterocycles. The average Bonchev–Trinajstić information content (AvgIpc) is 2.78.